The number of aromatic amines is 2. The lowest BCUT2D eigenvalue weighted by atomic mass is 10.1. The number of anilines is 2. The molecule has 0 saturated carbocycles. The molecule has 10 heteroatoms. The third-order valence-corrected chi connectivity index (χ3v) is 5.29. The molecule has 0 radical (unpaired) electrons. The number of rotatable bonds is 7. The van der Waals surface area contributed by atoms with Gasteiger partial charge in [0.05, 0.1) is 35.0 Å². The minimum atomic E-state index is -0.449. The second kappa shape index (κ2) is 13.0. The number of ketones is 2. The van der Waals surface area contributed by atoms with Crippen LogP contribution >= 0.6 is 0 Å². The number of carbonyl (C=O) groups is 4. The number of ether oxygens (including phenoxy) is 1. The van der Waals surface area contributed by atoms with Gasteiger partial charge >= 0.3 is 5.69 Å². The molecule has 0 aliphatic heterocycles. The molecule has 38 heavy (non-hydrogen) atoms. The van der Waals surface area contributed by atoms with Crippen molar-refractivity contribution in [1.29, 1.82) is 0 Å². The molecule has 0 spiro atoms. The fourth-order valence-corrected chi connectivity index (χ4v) is 3.71. The number of amides is 2. The summed E-state index contributed by atoms with van der Waals surface area (Å²) in [6, 6.07) is 12.0. The Morgan fingerprint density at radius 2 is 1.24 bits per heavy atom. The van der Waals surface area contributed by atoms with E-state index in [1.807, 2.05) is 0 Å². The van der Waals surface area contributed by atoms with Gasteiger partial charge in [0.2, 0.25) is 0 Å². The smallest absolute Gasteiger partial charge is 0.323 e. The van der Waals surface area contributed by atoms with E-state index in [4.69, 9.17) is 4.74 Å². The van der Waals surface area contributed by atoms with Crippen molar-refractivity contribution in [2.75, 3.05) is 17.7 Å². The SMILES string of the molecule is CC(=O)C(C(=O)Nc1ccc2[nH]c(=O)[nH]c2c1)=C(C)C.COc1ccccc1NC(=O)C(C(C)=O)=C(C)C. The number of imidazole rings is 1. The largest absolute Gasteiger partial charge is 0.495 e. The van der Waals surface area contributed by atoms with Crippen LogP contribution in [0.25, 0.3) is 11.0 Å². The molecule has 2 aromatic carbocycles. The molecule has 0 unspecified atom stereocenters. The first kappa shape index (κ1) is 29.5. The average Bonchev–Trinajstić information content (AvgIpc) is 3.18. The van der Waals surface area contributed by atoms with Crippen molar-refractivity contribution in [3.8, 4) is 5.75 Å². The summed E-state index contributed by atoms with van der Waals surface area (Å²) in [5, 5.41) is 5.33. The topological polar surface area (TPSA) is 150 Å². The average molecular weight is 521 g/mol. The lowest BCUT2D eigenvalue weighted by Gasteiger charge is -2.11. The molecule has 0 bridgehead atoms. The van der Waals surface area contributed by atoms with Gasteiger partial charge in [-0.3, -0.25) is 19.2 Å². The highest BCUT2D eigenvalue weighted by Crippen LogP contribution is 2.24. The van der Waals surface area contributed by atoms with E-state index in [0.717, 1.165) is 0 Å². The molecule has 10 nitrogen and oxygen atoms in total. The van der Waals surface area contributed by atoms with Gasteiger partial charge < -0.3 is 25.3 Å². The molecule has 0 saturated heterocycles. The maximum atomic E-state index is 12.1. The Labute approximate surface area is 220 Å². The van der Waals surface area contributed by atoms with Crippen molar-refractivity contribution >= 4 is 45.8 Å². The maximum absolute atomic E-state index is 12.1. The van der Waals surface area contributed by atoms with E-state index in [0.29, 0.717) is 39.3 Å². The zero-order valence-electron chi connectivity index (χ0n) is 22.5. The summed E-state index contributed by atoms with van der Waals surface area (Å²) in [4.78, 5) is 63.3. The van der Waals surface area contributed by atoms with Crippen LogP contribution in [0.4, 0.5) is 11.4 Å². The molecule has 1 heterocycles. The molecule has 0 aliphatic carbocycles. The number of hydrogen-bond donors (Lipinski definition) is 4. The molecule has 1 aromatic heterocycles. The van der Waals surface area contributed by atoms with Gasteiger partial charge in [0.15, 0.2) is 11.6 Å². The summed E-state index contributed by atoms with van der Waals surface area (Å²) < 4.78 is 5.13. The van der Waals surface area contributed by atoms with E-state index in [-0.39, 0.29) is 28.4 Å². The highest BCUT2D eigenvalue weighted by atomic mass is 16.5. The van der Waals surface area contributed by atoms with Crippen molar-refractivity contribution in [3.63, 3.8) is 0 Å². The molecule has 3 rings (SSSR count). The van der Waals surface area contributed by atoms with E-state index in [9.17, 15) is 24.0 Å². The molecule has 0 fully saturated rings. The van der Waals surface area contributed by atoms with Gasteiger partial charge in [-0.1, -0.05) is 23.3 Å². The van der Waals surface area contributed by atoms with Crippen LogP contribution in [0.1, 0.15) is 41.5 Å². The Hall–Kier alpha value is -4.73. The lowest BCUT2D eigenvalue weighted by molar-refractivity contribution is -0.120. The van der Waals surface area contributed by atoms with E-state index in [2.05, 4.69) is 20.6 Å². The normalized spacial score (nSPS) is 9.97. The maximum Gasteiger partial charge on any atom is 0.323 e. The number of fused-ring (bicyclic) bond motifs is 1. The van der Waals surface area contributed by atoms with E-state index >= 15 is 0 Å². The van der Waals surface area contributed by atoms with Crippen molar-refractivity contribution in [1.82, 2.24) is 9.97 Å². The summed E-state index contributed by atoms with van der Waals surface area (Å²) in [6.45, 7) is 9.63. The number of carbonyl (C=O) groups excluding carboxylic acids is 4. The summed E-state index contributed by atoms with van der Waals surface area (Å²) in [5.41, 5.74) is 3.67. The number of hydrogen-bond acceptors (Lipinski definition) is 6. The van der Waals surface area contributed by atoms with Crippen LogP contribution in [0, 0.1) is 0 Å². The molecule has 2 amide bonds. The number of Topliss-reactive ketones (excluding diaryl/α,β-unsaturated/α-hetero) is 2. The Balaban J connectivity index is 0.000000269. The van der Waals surface area contributed by atoms with Gasteiger partial charge in [-0.2, -0.15) is 0 Å². The molecule has 200 valence electrons. The lowest BCUT2D eigenvalue weighted by Crippen LogP contribution is -2.20. The van der Waals surface area contributed by atoms with Gasteiger partial charge in [0, 0.05) is 5.69 Å². The van der Waals surface area contributed by atoms with Crippen LogP contribution in [0.2, 0.25) is 0 Å². The van der Waals surface area contributed by atoms with Gasteiger partial charge in [-0.25, -0.2) is 4.79 Å². The third kappa shape index (κ3) is 7.63. The van der Waals surface area contributed by atoms with Crippen LogP contribution in [0.15, 0.2) is 69.6 Å². The predicted molar refractivity (Wildman–Crippen MR) is 147 cm³/mol. The van der Waals surface area contributed by atoms with Gasteiger partial charge in [-0.05, 0) is 71.9 Å². The summed E-state index contributed by atoms with van der Waals surface area (Å²) in [5.74, 6) is -0.828. The molecular formula is C28H32N4O6. The summed E-state index contributed by atoms with van der Waals surface area (Å²) in [6.07, 6.45) is 0. The number of benzene rings is 2. The van der Waals surface area contributed by atoms with Crippen LogP contribution < -0.4 is 21.1 Å². The summed E-state index contributed by atoms with van der Waals surface area (Å²) >= 11 is 0. The highest BCUT2D eigenvalue weighted by molar-refractivity contribution is 6.24. The number of methoxy groups -OCH3 is 1. The van der Waals surface area contributed by atoms with Crippen molar-refractivity contribution in [2.24, 2.45) is 0 Å². The molecular weight excluding hydrogens is 488 g/mol. The number of H-pyrrole nitrogens is 2. The van der Waals surface area contributed by atoms with Gasteiger partial charge in [0.1, 0.15) is 5.75 Å². The zero-order valence-corrected chi connectivity index (χ0v) is 22.5. The second-order valence-corrected chi connectivity index (χ2v) is 8.81. The van der Waals surface area contributed by atoms with Crippen molar-refractivity contribution < 1.29 is 23.9 Å². The van der Waals surface area contributed by atoms with E-state index in [1.165, 1.54) is 21.0 Å². The Kier molecular flexibility index (Phi) is 10.1. The van der Waals surface area contributed by atoms with Crippen molar-refractivity contribution in [3.05, 3.63) is 75.2 Å². The Bertz CT molecular complexity index is 1500. The van der Waals surface area contributed by atoms with Crippen LogP contribution in [0.3, 0.4) is 0 Å². The number of aromatic nitrogens is 2. The molecule has 3 aromatic rings. The molecule has 0 atom stereocenters. The number of nitrogens with one attached hydrogen (secondary N) is 4. The standard InChI is InChI=1S/C14H15N3O3.C14H17NO3/c1-7(2)12(8(3)18)13(19)15-9-4-5-10-11(6-9)17-14(20)16-10;1-9(2)13(10(3)16)14(17)15-11-7-5-6-8-12(11)18-4/h4-6H,1-3H3,(H,15,19)(H2,16,17,20);5-8H,1-4H3,(H,15,17). The summed E-state index contributed by atoms with van der Waals surface area (Å²) in [7, 11) is 1.53. The predicted octanol–water partition coefficient (Wildman–Crippen LogP) is 4.28. The minimum Gasteiger partial charge on any atom is -0.495 e. The monoisotopic (exact) mass is 520 g/mol. The molecule has 4 N–H and O–H groups in total. The first-order chi connectivity index (χ1) is 17.8. The first-order valence-corrected chi connectivity index (χ1v) is 11.7. The quantitative estimate of drug-likeness (QED) is 0.207. The molecule has 0 aliphatic rings. The second-order valence-electron chi connectivity index (χ2n) is 8.81. The minimum absolute atomic E-state index is 0.146. The highest BCUT2D eigenvalue weighted by Gasteiger charge is 2.18. The fourth-order valence-electron chi connectivity index (χ4n) is 3.71. The Morgan fingerprint density at radius 3 is 1.76 bits per heavy atom. The van der Waals surface area contributed by atoms with Crippen molar-refractivity contribution in [2.45, 2.75) is 41.5 Å². The van der Waals surface area contributed by atoms with Crippen LogP contribution in [-0.4, -0.2) is 40.5 Å². The van der Waals surface area contributed by atoms with Crippen LogP contribution in [-0.2, 0) is 19.2 Å². The van der Waals surface area contributed by atoms with Gasteiger partial charge in [-0.15, -0.1) is 0 Å². The van der Waals surface area contributed by atoms with Gasteiger partial charge in [0.25, 0.3) is 11.8 Å². The number of allylic oxidation sites excluding steroid dienone is 2. The first-order valence-electron chi connectivity index (χ1n) is 11.7. The number of para-hydroxylation sites is 2. The van der Waals surface area contributed by atoms with Crippen LogP contribution in [0.5, 0.6) is 5.75 Å². The van der Waals surface area contributed by atoms with E-state index < -0.39 is 11.8 Å². The van der Waals surface area contributed by atoms with E-state index in [1.54, 1.807) is 70.2 Å². The zero-order chi connectivity index (χ0) is 28.6. The Morgan fingerprint density at radius 1 is 0.711 bits per heavy atom. The third-order valence-electron chi connectivity index (χ3n) is 5.29. The fraction of sp³-hybridized carbons (Fsp3) is 0.250.